The maximum atomic E-state index is 11.9. The largest absolute Gasteiger partial charge is 0.485 e. The van der Waals surface area contributed by atoms with Gasteiger partial charge in [0.15, 0.2) is 5.78 Å². The first-order chi connectivity index (χ1) is 7.20. The molecule has 1 aliphatic carbocycles. The molecular formula is C12H11BrO2. The molecule has 3 rings (SSSR count). The third kappa shape index (κ3) is 1.33. The number of ketones is 1. The number of Topliss-reactive ketones (excluding diaryl/α,β-unsaturated/α-hetero) is 1. The van der Waals surface area contributed by atoms with Gasteiger partial charge >= 0.3 is 0 Å². The maximum Gasteiger partial charge on any atom is 0.170 e. The van der Waals surface area contributed by atoms with Crippen molar-refractivity contribution in [1.82, 2.24) is 0 Å². The van der Waals surface area contributed by atoms with Crippen LogP contribution in [0, 0.1) is 0 Å². The number of hydrogen-bond donors (Lipinski definition) is 0. The molecule has 1 heterocycles. The van der Waals surface area contributed by atoms with E-state index in [0.717, 1.165) is 28.6 Å². The number of benzene rings is 1. The van der Waals surface area contributed by atoms with Gasteiger partial charge < -0.3 is 4.74 Å². The summed E-state index contributed by atoms with van der Waals surface area (Å²) >= 11 is 3.44. The molecule has 1 aromatic carbocycles. The minimum absolute atomic E-state index is 0.173. The van der Waals surface area contributed by atoms with Crippen LogP contribution in [0.1, 0.15) is 36.0 Å². The van der Waals surface area contributed by atoms with E-state index in [1.807, 2.05) is 18.2 Å². The highest BCUT2D eigenvalue weighted by molar-refractivity contribution is 9.10. The molecule has 2 aliphatic rings. The third-order valence-corrected chi connectivity index (χ3v) is 3.96. The van der Waals surface area contributed by atoms with Crippen LogP contribution in [0.25, 0.3) is 0 Å². The van der Waals surface area contributed by atoms with Crippen LogP contribution in [0.4, 0.5) is 0 Å². The van der Waals surface area contributed by atoms with Crippen LogP contribution in [-0.2, 0) is 0 Å². The van der Waals surface area contributed by atoms with Crippen LogP contribution in [0.2, 0.25) is 0 Å². The van der Waals surface area contributed by atoms with Crippen molar-refractivity contribution in [2.75, 3.05) is 0 Å². The minimum atomic E-state index is -0.173. The minimum Gasteiger partial charge on any atom is -0.485 e. The van der Waals surface area contributed by atoms with Crippen LogP contribution in [-0.4, -0.2) is 11.4 Å². The summed E-state index contributed by atoms with van der Waals surface area (Å²) in [7, 11) is 0. The second-order valence-corrected chi connectivity index (χ2v) is 5.21. The van der Waals surface area contributed by atoms with E-state index in [2.05, 4.69) is 15.9 Å². The molecule has 0 N–H and O–H groups in total. The van der Waals surface area contributed by atoms with Gasteiger partial charge in [0, 0.05) is 0 Å². The lowest BCUT2D eigenvalue weighted by Gasteiger charge is -2.44. The molecule has 0 radical (unpaired) electrons. The third-order valence-electron chi connectivity index (χ3n) is 3.33. The zero-order valence-corrected chi connectivity index (χ0v) is 9.84. The number of halogens is 1. The second kappa shape index (κ2) is 3.08. The molecule has 78 valence electrons. The lowest BCUT2D eigenvalue weighted by molar-refractivity contribution is -0.0183. The molecule has 0 aromatic heterocycles. The zero-order valence-electron chi connectivity index (χ0n) is 8.25. The van der Waals surface area contributed by atoms with Crippen molar-refractivity contribution in [2.45, 2.75) is 31.3 Å². The van der Waals surface area contributed by atoms with Crippen molar-refractivity contribution in [3.8, 4) is 5.75 Å². The van der Waals surface area contributed by atoms with Gasteiger partial charge in [0.05, 0.1) is 16.5 Å². The van der Waals surface area contributed by atoms with Gasteiger partial charge in [-0.25, -0.2) is 0 Å². The number of rotatable bonds is 0. The molecule has 1 aliphatic heterocycles. The molecule has 0 atom stereocenters. The molecular weight excluding hydrogens is 256 g/mol. The van der Waals surface area contributed by atoms with Gasteiger partial charge in [-0.3, -0.25) is 4.79 Å². The van der Waals surface area contributed by atoms with Crippen LogP contribution in [0.15, 0.2) is 22.7 Å². The Balaban J connectivity index is 2.09. The molecule has 0 bridgehead atoms. The highest BCUT2D eigenvalue weighted by Gasteiger charge is 2.45. The average Bonchev–Trinajstić information content (AvgIpc) is 2.17. The Hall–Kier alpha value is -0.830. The summed E-state index contributed by atoms with van der Waals surface area (Å²) in [6, 6.07) is 5.64. The maximum absolute atomic E-state index is 11.9. The lowest BCUT2D eigenvalue weighted by atomic mass is 9.74. The van der Waals surface area contributed by atoms with Crippen molar-refractivity contribution >= 4 is 21.7 Å². The average molecular weight is 267 g/mol. The molecule has 1 saturated carbocycles. The summed E-state index contributed by atoms with van der Waals surface area (Å²) in [6.45, 7) is 0. The molecule has 15 heavy (non-hydrogen) atoms. The summed E-state index contributed by atoms with van der Waals surface area (Å²) in [5, 5.41) is 0. The van der Waals surface area contributed by atoms with Gasteiger partial charge in [-0.1, -0.05) is 6.07 Å². The van der Waals surface area contributed by atoms with Crippen molar-refractivity contribution < 1.29 is 9.53 Å². The molecule has 1 aromatic rings. The Labute approximate surface area is 96.8 Å². The van der Waals surface area contributed by atoms with Gasteiger partial charge in [0.25, 0.3) is 0 Å². The van der Waals surface area contributed by atoms with Gasteiger partial charge in [-0.2, -0.15) is 0 Å². The Morgan fingerprint density at radius 3 is 2.80 bits per heavy atom. The van der Waals surface area contributed by atoms with E-state index in [4.69, 9.17) is 4.74 Å². The van der Waals surface area contributed by atoms with Crippen molar-refractivity contribution in [3.63, 3.8) is 0 Å². The van der Waals surface area contributed by atoms with Gasteiger partial charge in [0.1, 0.15) is 11.4 Å². The summed E-state index contributed by atoms with van der Waals surface area (Å²) in [5.74, 6) is 0.964. The van der Waals surface area contributed by atoms with Crippen molar-refractivity contribution in [2.24, 2.45) is 0 Å². The SMILES string of the molecule is O=C1CC2(CCC2)Oc2c(Br)cccc21. The zero-order chi connectivity index (χ0) is 10.5. The van der Waals surface area contributed by atoms with E-state index in [1.165, 1.54) is 6.42 Å². The van der Waals surface area contributed by atoms with E-state index in [9.17, 15) is 4.79 Å². The first-order valence-electron chi connectivity index (χ1n) is 5.21. The number of carbonyl (C=O) groups excluding carboxylic acids is 1. The molecule has 1 fully saturated rings. The first kappa shape index (κ1) is 9.40. The Bertz CT molecular complexity index is 435. The molecule has 0 amide bonds. The monoisotopic (exact) mass is 266 g/mol. The molecule has 1 spiro atoms. The molecule has 2 nitrogen and oxygen atoms in total. The lowest BCUT2D eigenvalue weighted by Crippen LogP contribution is -2.47. The summed E-state index contributed by atoms with van der Waals surface area (Å²) in [4.78, 5) is 11.9. The highest BCUT2D eigenvalue weighted by atomic mass is 79.9. The van der Waals surface area contributed by atoms with E-state index in [1.54, 1.807) is 0 Å². The fraction of sp³-hybridized carbons (Fsp3) is 0.417. The van der Waals surface area contributed by atoms with Crippen molar-refractivity contribution in [1.29, 1.82) is 0 Å². The van der Waals surface area contributed by atoms with E-state index in [0.29, 0.717) is 6.42 Å². The van der Waals surface area contributed by atoms with Crippen LogP contribution in [0.3, 0.4) is 0 Å². The standard InChI is InChI=1S/C12H11BrO2/c13-9-4-1-3-8-10(14)7-12(5-2-6-12)15-11(8)9/h1,3-4H,2,5-7H2. The Kier molecular flexibility index (Phi) is 1.93. The Morgan fingerprint density at radius 2 is 2.13 bits per heavy atom. The number of fused-ring (bicyclic) bond motifs is 1. The van der Waals surface area contributed by atoms with Crippen LogP contribution < -0.4 is 4.74 Å². The van der Waals surface area contributed by atoms with Gasteiger partial charge in [0.2, 0.25) is 0 Å². The number of hydrogen-bond acceptors (Lipinski definition) is 2. The van der Waals surface area contributed by atoms with E-state index in [-0.39, 0.29) is 11.4 Å². The summed E-state index contributed by atoms with van der Waals surface area (Å²) in [6.07, 6.45) is 3.75. The Morgan fingerprint density at radius 1 is 1.33 bits per heavy atom. The molecule has 0 saturated heterocycles. The van der Waals surface area contributed by atoms with Gasteiger partial charge in [-0.15, -0.1) is 0 Å². The smallest absolute Gasteiger partial charge is 0.170 e. The fourth-order valence-corrected chi connectivity index (χ4v) is 2.77. The van der Waals surface area contributed by atoms with E-state index >= 15 is 0 Å². The predicted octanol–water partition coefficient (Wildman–Crippen LogP) is 3.34. The van der Waals surface area contributed by atoms with E-state index < -0.39 is 0 Å². The highest BCUT2D eigenvalue weighted by Crippen LogP contribution is 2.46. The van der Waals surface area contributed by atoms with Gasteiger partial charge in [-0.05, 0) is 47.3 Å². The van der Waals surface area contributed by atoms with Crippen LogP contribution in [0.5, 0.6) is 5.75 Å². The number of para-hydroxylation sites is 1. The van der Waals surface area contributed by atoms with Crippen molar-refractivity contribution in [3.05, 3.63) is 28.2 Å². The molecule has 0 unspecified atom stereocenters. The normalized spacial score (nSPS) is 21.8. The quantitative estimate of drug-likeness (QED) is 0.720. The fourth-order valence-electron chi connectivity index (χ4n) is 2.32. The predicted molar refractivity (Wildman–Crippen MR) is 60.3 cm³/mol. The summed E-state index contributed by atoms with van der Waals surface area (Å²) < 4.78 is 6.88. The first-order valence-corrected chi connectivity index (χ1v) is 6.00. The second-order valence-electron chi connectivity index (χ2n) is 4.36. The van der Waals surface area contributed by atoms with Crippen LogP contribution >= 0.6 is 15.9 Å². The number of ether oxygens (including phenoxy) is 1. The number of carbonyl (C=O) groups is 1. The molecule has 3 heteroatoms. The summed E-state index contributed by atoms with van der Waals surface area (Å²) in [5.41, 5.74) is 0.551. The topological polar surface area (TPSA) is 26.3 Å².